The Labute approximate surface area is 105 Å². The second-order valence-corrected chi connectivity index (χ2v) is 3.98. The van der Waals surface area contributed by atoms with Crippen molar-refractivity contribution in [3.8, 4) is 5.75 Å². The summed E-state index contributed by atoms with van der Waals surface area (Å²) in [6, 6.07) is 3.95. The van der Waals surface area contributed by atoms with Gasteiger partial charge in [-0.3, -0.25) is 4.98 Å². The molecule has 0 amide bonds. The minimum atomic E-state index is 0.257. The van der Waals surface area contributed by atoms with Gasteiger partial charge < -0.3 is 14.6 Å². The normalized spacial score (nSPS) is 12.3. The summed E-state index contributed by atoms with van der Waals surface area (Å²) in [4.78, 5) is 8.20. The van der Waals surface area contributed by atoms with Gasteiger partial charge in [-0.15, -0.1) is 0 Å². The van der Waals surface area contributed by atoms with E-state index in [4.69, 9.17) is 9.26 Å². The highest BCUT2D eigenvalue weighted by atomic mass is 16.5. The minimum Gasteiger partial charge on any atom is -0.482 e. The molecule has 0 aliphatic heterocycles. The zero-order valence-corrected chi connectivity index (χ0v) is 10.5. The lowest BCUT2D eigenvalue weighted by atomic mass is 10.2. The predicted molar refractivity (Wildman–Crippen MR) is 65.1 cm³/mol. The van der Waals surface area contributed by atoms with Gasteiger partial charge in [-0.2, -0.15) is 4.98 Å². The first-order valence-corrected chi connectivity index (χ1v) is 5.79. The Bertz CT molecular complexity index is 472. The zero-order valence-electron chi connectivity index (χ0n) is 10.5. The molecule has 0 bridgehead atoms. The summed E-state index contributed by atoms with van der Waals surface area (Å²) in [7, 11) is 1.90. The average Bonchev–Trinajstić information content (AvgIpc) is 2.85. The molecule has 0 aliphatic rings. The molecule has 18 heavy (non-hydrogen) atoms. The van der Waals surface area contributed by atoms with Crippen LogP contribution in [0.2, 0.25) is 0 Å². The van der Waals surface area contributed by atoms with E-state index in [1.165, 1.54) is 0 Å². The van der Waals surface area contributed by atoms with Gasteiger partial charge in [0.05, 0.1) is 6.20 Å². The molecule has 1 N–H and O–H groups in total. The Kier molecular flexibility index (Phi) is 4.25. The number of hydrogen-bond donors (Lipinski definition) is 1. The lowest BCUT2D eigenvalue weighted by Gasteiger charge is -2.04. The van der Waals surface area contributed by atoms with Crippen LogP contribution >= 0.6 is 0 Å². The van der Waals surface area contributed by atoms with Crippen molar-refractivity contribution < 1.29 is 9.26 Å². The van der Waals surface area contributed by atoms with Crippen LogP contribution in [-0.2, 0) is 13.0 Å². The first-order valence-electron chi connectivity index (χ1n) is 5.79. The largest absolute Gasteiger partial charge is 0.482 e. The third kappa shape index (κ3) is 3.53. The van der Waals surface area contributed by atoms with Crippen LogP contribution in [0.15, 0.2) is 29.0 Å². The summed E-state index contributed by atoms with van der Waals surface area (Å²) < 4.78 is 10.6. The molecule has 2 heterocycles. The summed E-state index contributed by atoms with van der Waals surface area (Å²) >= 11 is 0. The summed E-state index contributed by atoms with van der Waals surface area (Å²) in [5.74, 6) is 1.83. The number of hydrogen-bond acceptors (Lipinski definition) is 6. The Hall–Kier alpha value is -1.95. The van der Waals surface area contributed by atoms with Crippen LogP contribution < -0.4 is 10.1 Å². The Balaban J connectivity index is 1.87. The molecule has 1 unspecified atom stereocenters. The van der Waals surface area contributed by atoms with Gasteiger partial charge in [0.15, 0.2) is 12.4 Å². The highest BCUT2D eigenvalue weighted by molar-refractivity contribution is 5.15. The Morgan fingerprint density at radius 3 is 3.11 bits per heavy atom. The number of nitrogens with one attached hydrogen (secondary N) is 1. The van der Waals surface area contributed by atoms with Crippen LogP contribution in [0.5, 0.6) is 5.75 Å². The lowest BCUT2D eigenvalue weighted by molar-refractivity contribution is 0.241. The standard InChI is InChI=1S/C12H16N4O2/c1-9(13-2)6-11-15-12(18-16-11)8-17-10-4-3-5-14-7-10/h3-5,7,9,13H,6,8H2,1-2H3. The molecule has 2 aromatic heterocycles. The van der Waals surface area contributed by atoms with Crippen molar-refractivity contribution in [2.24, 2.45) is 0 Å². The van der Waals surface area contributed by atoms with Crippen molar-refractivity contribution in [2.75, 3.05) is 7.05 Å². The quantitative estimate of drug-likeness (QED) is 0.828. The van der Waals surface area contributed by atoms with Crippen LogP contribution in [0, 0.1) is 0 Å². The van der Waals surface area contributed by atoms with Gasteiger partial charge in [0, 0.05) is 18.7 Å². The zero-order chi connectivity index (χ0) is 12.8. The smallest absolute Gasteiger partial charge is 0.264 e. The fourth-order valence-electron chi connectivity index (χ4n) is 1.39. The highest BCUT2D eigenvalue weighted by Crippen LogP contribution is 2.09. The average molecular weight is 248 g/mol. The molecule has 0 aromatic carbocycles. The van der Waals surface area contributed by atoms with Crippen LogP contribution in [0.4, 0.5) is 0 Å². The van der Waals surface area contributed by atoms with Gasteiger partial charge in [0.2, 0.25) is 0 Å². The number of pyridine rings is 1. The topological polar surface area (TPSA) is 73.1 Å². The molecule has 2 aromatic rings. The first kappa shape index (κ1) is 12.5. The maximum absolute atomic E-state index is 5.46. The number of likely N-dealkylation sites (N-methyl/N-ethyl adjacent to an activating group) is 1. The van der Waals surface area contributed by atoms with Gasteiger partial charge in [0.25, 0.3) is 5.89 Å². The molecule has 96 valence electrons. The minimum absolute atomic E-state index is 0.257. The van der Waals surface area contributed by atoms with Gasteiger partial charge >= 0.3 is 0 Å². The molecule has 2 rings (SSSR count). The SMILES string of the molecule is CNC(C)Cc1noc(COc2cccnc2)n1. The van der Waals surface area contributed by atoms with Crippen molar-refractivity contribution in [1.82, 2.24) is 20.4 Å². The summed E-state index contributed by atoms with van der Waals surface area (Å²) in [6.45, 7) is 2.31. The molecular formula is C12H16N4O2. The summed E-state index contributed by atoms with van der Waals surface area (Å²) in [5, 5.41) is 7.01. The Morgan fingerprint density at radius 1 is 1.50 bits per heavy atom. The molecular weight excluding hydrogens is 232 g/mol. The van der Waals surface area contributed by atoms with E-state index in [2.05, 4.69) is 27.4 Å². The van der Waals surface area contributed by atoms with Crippen molar-refractivity contribution in [2.45, 2.75) is 26.0 Å². The van der Waals surface area contributed by atoms with E-state index in [1.807, 2.05) is 19.2 Å². The Morgan fingerprint density at radius 2 is 2.39 bits per heavy atom. The first-order chi connectivity index (χ1) is 8.78. The fraction of sp³-hybridized carbons (Fsp3) is 0.417. The monoisotopic (exact) mass is 248 g/mol. The molecule has 0 saturated heterocycles. The van der Waals surface area contributed by atoms with Crippen molar-refractivity contribution >= 4 is 0 Å². The van der Waals surface area contributed by atoms with E-state index < -0.39 is 0 Å². The molecule has 6 heteroatoms. The molecule has 0 spiro atoms. The van der Waals surface area contributed by atoms with Crippen molar-refractivity contribution in [3.63, 3.8) is 0 Å². The maximum Gasteiger partial charge on any atom is 0.264 e. The molecule has 1 atom stereocenters. The van der Waals surface area contributed by atoms with E-state index in [-0.39, 0.29) is 6.61 Å². The predicted octanol–water partition coefficient (Wildman–Crippen LogP) is 1.19. The molecule has 0 radical (unpaired) electrons. The second kappa shape index (κ2) is 6.11. The van der Waals surface area contributed by atoms with Crippen molar-refractivity contribution in [1.29, 1.82) is 0 Å². The number of aromatic nitrogens is 3. The summed E-state index contributed by atoms with van der Waals surface area (Å²) in [5.41, 5.74) is 0. The number of rotatable bonds is 6. The van der Waals surface area contributed by atoms with Crippen LogP contribution in [-0.4, -0.2) is 28.2 Å². The lowest BCUT2D eigenvalue weighted by Crippen LogP contribution is -2.24. The highest BCUT2D eigenvalue weighted by Gasteiger charge is 2.09. The molecule has 0 saturated carbocycles. The molecule has 0 aliphatic carbocycles. The van der Waals surface area contributed by atoms with E-state index in [9.17, 15) is 0 Å². The van der Waals surface area contributed by atoms with Crippen LogP contribution in [0.1, 0.15) is 18.6 Å². The van der Waals surface area contributed by atoms with E-state index in [0.29, 0.717) is 23.5 Å². The summed E-state index contributed by atoms with van der Waals surface area (Å²) in [6.07, 6.45) is 4.06. The fourth-order valence-corrected chi connectivity index (χ4v) is 1.39. The van der Waals surface area contributed by atoms with E-state index >= 15 is 0 Å². The molecule has 0 fully saturated rings. The molecule has 6 nitrogen and oxygen atoms in total. The van der Waals surface area contributed by atoms with Crippen molar-refractivity contribution in [3.05, 3.63) is 36.2 Å². The van der Waals surface area contributed by atoms with Gasteiger partial charge in [0.1, 0.15) is 5.75 Å². The third-order valence-corrected chi connectivity index (χ3v) is 2.49. The number of ether oxygens (including phenoxy) is 1. The van der Waals surface area contributed by atoms with E-state index in [1.54, 1.807) is 12.4 Å². The van der Waals surface area contributed by atoms with Gasteiger partial charge in [-0.1, -0.05) is 5.16 Å². The maximum atomic E-state index is 5.46. The van der Waals surface area contributed by atoms with Gasteiger partial charge in [-0.05, 0) is 26.1 Å². The third-order valence-electron chi connectivity index (χ3n) is 2.49. The van der Waals surface area contributed by atoms with Crippen LogP contribution in [0.25, 0.3) is 0 Å². The van der Waals surface area contributed by atoms with Crippen LogP contribution in [0.3, 0.4) is 0 Å². The number of nitrogens with zero attached hydrogens (tertiary/aromatic N) is 3. The second-order valence-electron chi connectivity index (χ2n) is 3.98. The van der Waals surface area contributed by atoms with E-state index in [0.717, 1.165) is 6.42 Å². The van der Waals surface area contributed by atoms with Gasteiger partial charge in [-0.25, -0.2) is 0 Å².